The highest BCUT2D eigenvalue weighted by Crippen LogP contribution is 2.20. The van der Waals surface area contributed by atoms with E-state index in [9.17, 15) is 19.8 Å². The highest BCUT2D eigenvalue weighted by Gasteiger charge is 2.20. The van der Waals surface area contributed by atoms with Crippen molar-refractivity contribution in [2.45, 2.75) is 488 Å². The summed E-state index contributed by atoms with van der Waals surface area (Å²) in [6.45, 7) is 4.96. The SMILES string of the molecule is CCCC/C=C\C/C=C\CCCCCCCC(=O)OCCCCCCCCCCCCCCCCC/C=C\C/C=C\CCCCCCCCCCCCCCCCCCCC(=O)NC(CO)C(O)CCCCCCCCCCCCCCCCCCCCCCCCCC. The summed E-state index contributed by atoms with van der Waals surface area (Å²) in [6.07, 6.45) is 111. The Hall–Kier alpha value is -2.18. The quantitative estimate of drug-likeness (QED) is 0.0320. The highest BCUT2D eigenvalue weighted by atomic mass is 16.5. The number of ether oxygens (including phenoxy) is 1. The lowest BCUT2D eigenvalue weighted by Crippen LogP contribution is -2.45. The van der Waals surface area contributed by atoms with Crippen molar-refractivity contribution in [2.75, 3.05) is 13.2 Å². The van der Waals surface area contributed by atoms with Gasteiger partial charge in [0.2, 0.25) is 5.91 Å². The van der Waals surface area contributed by atoms with E-state index in [4.69, 9.17) is 4.74 Å². The molecule has 0 fully saturated rings. The van der Waals surface area contributed by atoms with E-state index in [-0.39, 0.29) is 18.5 Å². The van der Waals surface area contributed by atoms with Crippen molar-refractivity contribution in [1.29, 1.82) is 0 Å². The molecule has 3 N–H and O–H groups in total. The molecule has 6 heteroatoms. The third-order valence-electron chi connectivity index (χ3n) is 20.1. The van der Waals surface area contributed by atoms with Gasteiger partial charge in [-0.1, -0.05) is 428 Å². The minimum Gasteiger partial charge on any atom is -0.466 e. The number of esters is 1. The summed E-state index contributed by atoms with van der Waals surface area (Å²) in [5.41, 5.74) is 0. The van der Waals surface area contributed by atoms with E-state index in [1.54, 1.807) is 0 Å². The molecule has 2 unspecified atom stereocenters. The van der Waals surface area contributed by atoms with Crippen LogP contribution in [0.5, 0.6) is 0 Å². The molecule has 0 aromatic carbocycles. The monoisotopic (exact) mass is 1320 g/mol. The predicted molar refractivity (Wildman–Crippen MR) is 416 cm³/mol. The van der Waals surface area contributed by atoms with E-state index in [0.29, 0.717) is 25.9 Å². The molecule has 0 radical (unpaired) electrons. The van der Waals surface area contributed by atoms with Gasteiger partial charge in [-0.25, -0.2) is 0 Å². The Morgan fingerprint density at radius 1 is 0.298 bits per heavy atom. The van der Waals surface area contributed by atoms with Crippen LogP contribution < -0.4 is 5.32 Å². The molecule has 0 saturated carbocycles. The summed E-state index contributed by atoms with van der Waals surface area (Å²) >= 11 is 0. The van der Waals surface area contributed by atoms with Crippen molar-refractivity contribution in [3.05, 3.63) is 48.6 Å². The van der Waals surface area contributed by atoms with Crippen LogP contribution in [0.2, 0.25) is 0 Å². The second kappa shape index (κ2) is 83.2. The molecular formula is C88H167NO5. The van der Waals surface area contributed by atoms with E-state index in [2.05, 4.69) is 67.8 Å². The zero-order valence-corrected chi connectivity index (χ0v) is 63.7. The van der Waals surface area contributed by atoms with Gasteiger partial charge in [0.05, 0.1) is 25.4 Å². The molecule has 6 nitrogen and oxygen atoms in total. The maximum atomic E-state index is 12.6. The van der Waals surface area contributed by atoms with Crippen molar-refractivity contribution in [2.24, 2.45) is 0 Å². The van der Waals surface area contributed by atoms with Crippen LogP contribution in [0.25, 0.3) is 0 Å². The van der Waals surface area contributed by atoms with E-state index in [1.807, 2.05) is 0 Å². The van der Waals surface area contributed by atoms with Crippen molar-refractivity contribution in [3.63, 3.8) is 0 Å². The Morgan fingerprint density at radius 2 is 0.543 bits per heavy atom. The van der Waals surface area contributed by atoms with Gasteiger partial charge in [0.15, 0.2) is 0 Å². The van der Waals surface area contributed by atoms with Crippen molar-refractivity contribution >= 4 is 11.9 Å². The molecule has 0 aliphatic carbocycles. The number of rotatable bonds is 81. The van der Waals surface area contributed by atoms with Crippen LogP contribution in [0, 0.1) is 0 Å². The van der Waals surface area contributed by atoms with Crippen LogP contribution in [0.1, 0.15) is 476 Å². The van der Waals surface area contributed by atoms with Crippen LogP contribution in [-0.4, -0.2) is 47.4 Å². The van der Waals surface area contributed by atoms with Gasteiger partial charge >= 0.3 is 5.97 Å². The Bertz CT molecular complexity index is 1570. The molecule has 94 heavy (non-hydrogen) atoms. The van der Waals surface area contributed by atoms with Crippen molar-refractivity contribution in [1.82, 2.24) is 5.32 Å². The number of allylic oxidation sites excluding steroid dienone is 8. The van der Waals surface area contributed by atoms with Gasteiger partial charge in [0.25, 0.3) is 0 Å². The second-order valence-electron chi connectivity index (χ2n) is 29.5. The smallest absolute Gasteiger partial charge is 0.305 e. The van der Waals surface area contributed by atoms with E-state index < -0.39 is 12.1 Å². The molecule has 0 bridgehead atoms. The lowest BCUT2D eigenvalue weighted by Gasteiger charge is -2.22. The predicted octanol–water partition coefficient (Wildman–Crippen LogP) is 28.7. The normalized spacial score (nSPS) is 12.7. The minimum absolute atomic E-state index is 0.00615. The lowest BCUT2D eigenvalue weighted by atomic mass is 10.0. The summed E-state index contributed by atoms with van der Waals surface area (Å²) in [5, 5.41) is 23.5. The number of aliphatic hydroxyl groups is 2. The number of hydrogen-bond donors (Lipinski definition) is 3. The number of aliphatic hydroxyl groups excluding tert-OH is 2. The molecule has 1 amide bonds. The fourth-order valence-electron chi connectivity index (χ4n) is 13.6. The first-order valence-corrected chi connectivity index (χ1v) is 42.9. The zero-order valence-electron chi connectivity index (χ0n) is 63.7. The molecule has 0 aromatic rings. The van der Waals surface area contributed by atoms with Gasteiger partial charge in [0, 0.05) is 12.8 Å². The molecule has 0 rings (SSSR count). The van der Waals surface area contributed by atoms with Gasteiger partial charge in [0.1, 0.15) is 0 Å². The van der Waals surface area contributed by atoms with Crippen molar-refractivity contribution < 1.29 is 24.5 Å². The summed E-state index contributed by atoms with van der Waals surface area (Å²) in [5.74, 6) is -0.0201. The van der Waals surface area contributed by atoms with Crippen molar-refractivity contribution in [3.8, 4) is 0 Å². The number of amides is 1. The van der Waals surface area contributed by atoms with E-state index >= 15 is 0 Å². The summed E-state index contributed by atoms with van der Waals surface area (Å²) in [4.78, 5) is 24.7. The van der Waals surface area contributed by atoms with E-state index in [0.717, 1.165) is 57.8 Å². The molecular weight excluding hydrogens is 1150 g/mol. The fourth-order valence-corrected chi connectivity index (χ4v) is 13.6. The summed E-state index contributed by atoms with van der Waals surface area (Å²) < 4.78 is 5.49. The molecule has 0 aliphatic heterocycles. The molecule has 0 saturated heterocycles. The van der Waals surface area contributed by atoms with Crippen LogP contribution in [-0.2, 0) is 14.3 Å². The zero-order chi connectivity index (χ0) is 67.7. The molecule has 0 aliphatic rings. The Kier molecular flexibility index (Phi) is 81.3. The van der Waals surface area contributed by atoms with Gasteiger partial charge < -0.3 is 20.3 Å². The number of carbonyl (C=O) groups excluding carboxylic acids is 2. The Labute approximate surface area is 588 Å². The van der Waals surface area contributed by atoms with E-state index in [1.165, 1.54) is 385 Å². The van der Waals surface area contributed by atoms with Gasteiger partial charge in [-0.2, -0.15) is 0 Å². The largest absolute Gasteiger partial charge is 0.466 e. The second-order valence-corrected chi connectivity index (χ2v) is 29.5. The third kappa shape index (κ3) is 78.8. The Morgan fingerprint density at radius 3 is 0.840 bits per heavy atom. The summed E-state index contributed by atoms with van der Waals surface area (Å²) in [6, 6.07) is -0.541. The van der Waals surface area contributed by atoms with Crippen LogP contribution in [0.4, 0.5) is 0 Å². The van der Waals surface area contributed by atoms with Gasteiger partial charge in [-0.3, -0.25) is 9.59 Å². The summed E-state index contributed by atoms with van der Waals surface area (Å²) in [7, 11) is 0. The van der Waals surface area contributed by atoms with Crippen LogP contribution in [0.15, 0.2) is 48.6 Å². The number of carbonyl (C=O) groups is 2. The first-order valence-electron chi connectivity index (χ1n) is 42.9. The molecule has 554 valence electrons. The fraction of sp³-hybridized carbons (Fsp3) is 0.886. The number of nitrogens with one attached hydrogen (secondary N) is 1. The third-order valence-corrected chi connectivity index (χ3v) is 20.1. The van der Waals surface area contributed by atoms with Crippen LogP contribution in [0.3, 0.4) is 0 Å². The molecule has 0 aromatic heterocycles. The average molecular weight is 1320 g/mol. The Balaban J connectivity index is 3.36. The first kappa shape index (κ1) is 91.8. The number of unbranched alkanes of at least 4 members (excludes halogenated alkanes) is 62. The highest BCUT2D eigenvalue weighted by molar-refractivity contribution is 5.76. The number of hydrogen-bond acceptors (Lipinski definition) is 5. The first-order chi connectivity index (χ1) is 46.5. The molecule has 2 atom stereocenters. The van der Waals surface area contributed by atoms with Gasteiger partial charge in [-0.15, -0.1) is 0 Å². The average Bonchev–Trinajstić information content (AvgIpc) is 3.59. The molecule has 0 spiro atoms. The maximum absolute atomic E-state index is 12.6. The lowest BCUT2D eigenvalue weighted by molar-refractivity contribution is -0.143. The molecule has 0 heterocycles. The topological polar surface area (TPSA) is 95.9 Å². The minimum atomic E-state index is -0.664. The maximum Gasteiger partial charge on any atom is 0.305 e. The van der Waals surface area contributed by atoms with Gasteiger partial charge in [-0.05, 0) is 83.5 Å². The van der Waals surface area contributed by atoms with Crippen LogP contribution >= 0.6 is 0 Å². The standard InChI is InChI=1S/C88H167NO5/c1-3-5-7-9-11-13-15-17-19-20-21-22-23-41-44-47-50-53-56-60-64-68-72-76-80-86(91)85(84-90)89-87(92)81-77-73-69-65-61-57-54-51-48-45-42-39-37-35-33-31-29-27-25-24-26-28-30-32-34-36-38-40-43-46-49-52-55-59-63-67-71-75-79-83-94-88(93)82-78-74-70-66-62-58-18-16-14-12-10-8-6-4-2/h10,12,16,18,24-25,28,30,85-86,90-91H,3-9,11,13-15,17,19-23,26-27,29,31-84H2,1-2H3,(H,89,92)/b12-10-,18-16-,25-24-,30-28-.